The molecule has 0 saturated heterocycles. The summed E-state index contributed by atoms with van der Waals surface area (Å²) in [4.78, 5) is 14.2. The van der Waals surface area contributed by atoms with Gasteiger partial charge in [-0.3, -0.25) is 4.79 Å². The molecule has 0 spiro atoms. The van der Waals surface area contributed by atoms with Crippen molar-refractivity contribution in [1.29, 1.82) is 0 Å². The van der Waals surface area contributed by atoms with Crippen LogP contribution in [0.2, 0.25) is 0 Å². The first-order valence-corrected chi connectivity index (χ1v) is 8.69. The van der Waals surface area contributed by atoms with Gasteiger partial charge in [-0.15, -0.1) is 0 Å². The van der Waals surface area contributed by atoms with Gasteiger partial charge in [0.25, 0.3) is 0 Å². The monoisotopic (exact) mass is 320 g/mol. The van der Waals surface area contributed by atoms with Gasteiger partial charge in [-0.05, 0) is 24.3 Å². The molecule has 2 atom stereocenters. The third-order valence-corrected chi connectivity index (χ3v) is 3.96. The van der Waals surface area contributed by atoms with Crippen LogP contribution in [-0.4, -0.2) is 34.6 Å². The van der Waals surface area contributed by atoms with Crippen LogP contribution < -0.4 is 5.73 Å². The fourth-order valence-corrected chi connectivity index (χ4v) is 2.61. The number of aliphatic hydroxyl groups is 1. The number of hydrogen-bond acceptors (Lipinski definition) is 3. The van der Waals surface area contributed by atoms with Crippen molar-refractivity contribution in [1.82, 2.24) is 4.90 Å². The van der Waals surface area contributed by atoms with Crippen LogP contribution in [0, 0.1) is 5.92 Å². The molecule has 0 fully saturated rings. The zero-order valence-corrected chi connectivity index (χ0v) is 14.7. The fraction of sp³-hybridized carbons (Fsp3) is 0.632. The molecule has 0 saturated carbocycles. The molecule has 0 radical (unpaired) electrons. The SMILES string of the molecule is CCCCC(=O)N(Cc1ccccc1)CC(O)C(N)CC(C)C. The molecule has 0 aromatic heterocycles. The van der Waals surface area contributed by atoms with E-state index in [1.54, 1.807) is 4.90 Å². The number of nitrogens with two attached hydrogens (primary N) is 1. The Hall–Kier alpha value is -1.39. The number of carbonyl (C=O) groups is 1. The van der Waals surface area contributed by atoms with E-state index in [1.165, 1.54) is 0 Å². The van der Waals surface area contributed by atoms with Crippen molar-refractivity contribution in [2.45, 2.75) is 65.1 Å². The predicted octanol–water partition coefficient (Wildman–Crippen LogP) is 2.94. The summed E-state index contributed by atoms with van der Waals surface area (Å²) in [5.41, 5.74) is 7.14. The van der Waals surface area contributed by atoms with Crippen molar-refractivity contribution in [3.63, 3.8) is 0 Å². The Balaban J connectivity index is 2.72. The van der Waals surface area contributed by atoms with E-state index in [0.29, 0.717) is 25.4 Å². The van der Waals surface area contributed by atoms with Crippen molar-refractivity contribution in [3.05, 3.63) is 35.9 Å². The first-order chi connectivity index (χ1) is 10.9. The van der Waals surface area contributed by atoms with Crippen LogP contribution >= 0.6 is 0 Å². The van der Waals surface area contributed by atoms with E-state index >= 15 is 0 Å². The van der Waals surface area contributed by atoms with Gasteiger partial charge < -0.3 is 15.7 Å². The van der Waals surface area contributed by atoms with E-state index in [9.17, 15) is 9.90 Å². The van der Waals surface area contributed by atoms with Gasteiger partial charge in [0.1, 0.15) is 0 Å². The van der Waals surface area contributed by atoms with Gasteiger partial charge in [-0.1, -0.05) is 57.5 Å². The molecule has 130 valence electrons. The molecular formula is C19H32N2O2. The highest BCUT2D eigenvalue weighted by Gasteiger charge is 2.22. The molecule has 1 amide bonds. The number of aliphatic hydroxyl groups excluding tert-OH is 1. The summed E-state index contributed by atoms with van der Waals surface area (Å²) in [7, 11) is 0. The molecular weight excluding hydrogens is 288 g/mol. The van der Waals surface area contributed by atoms with Gasteiger partial charge in [0, 0.05) is 25.6 Å². The highest BCUT2D eigenvalue weighted by molar-refractivity contribution is 5.76. The van der Waals surface area contributed by atoms with E-state index in [-0.39, 0.29) is 11.9 Å². The van der Waals surface area contributed by atoms with Gasteiger partial charge in [0.15, 0.2) is 0 Å². The van der Waals surface area contributed by atoms with Crippen LogP contribution in [0.5, 0.6) is 0 Å². The second-order valence-corrected chi connectivity index (χ2v) is 6.72. The average Bonchev–Trinajstić information content (AvgIpc) is 2.52. The predicted molar refractivity (Wildman–Crippen MR) is 94.8 cm³/mol. The van der Waals surface area contributed by atoms with Crippen LogP contribution in [0.1, 0.15) is 52.0 Å². The highest BCUT2D eigenvalue weighted by Crippen LogP contribution is 2.12. The summed E-state index contributed by atoms with van der Waals surface area (Å²) in [5, 5.41) is 10.4. The van der Waals surface area contributed by atoms with Gasteiger partial charge in [-0.2, -0.15) is 0 Å². The van der Waals surface area contributed by atoms with E-state index < -0.39 is 6.10 Å². The Kier molecular flexibility index (Phi) is 8.89. The number of benzene rings is 1. The third kappa shape index (κ3) is 7.62. The maximum absolute atomic E-state index is 12.5. The van der Waals surface area contributed by atoms with Gasteiger partial charge in [0.2, 0.25) is 5.91 Å². The molecule has 1 aromatic carbocycles. The number of nitrogens with zero attached hydrogens (tertiary/aromatic N) is 1. The normalized spacial score (nSPS) is 13.8. The van der Waals surface area contributed by atoms with Crippen molar-refractivity contribution in [2.24, 2.45) is 11.7 Å². The minimum absolute atomic E-state index is 0.0894. The summed E-state index contributed by atoms with van der Waals surface area (Å²) in [6, 6.07) is 9.59. The van der Waals surface area contributed by atoms with Crippen molar-refractivity contribution >= 4 is 5.91 Å². The number of rotatable bonds is 10. The molecule has 3 N–H and O–H groups in total. The van der Waals surface area contributed by atoms with Crippen LogP contribution in [0.15, 0.2) is 30.3 Å². The third-order valence-electron chi connectivity index (χ3n) is 3.96. The van der Waals surface area contributed by atoms with E-state index in [0.717, 1.165) is 24.8 Å². The fourth-order valence-electron chi connectivity index (χ4n) is 2.61. The second-order valence-electron chi connectivity index (χ2n) is 6.72. The second kappa shape index (κ2) is 10.4. The van der Waals surface area contributed by atoms with E-state index in [2.05, 4.69) is 20.8 Å². The summed E-state index contributed by atoms with van der Waals surface area (Å²) in [6.45, 7) is 7.06. The van der Waals surface area contributed by atoms with Crippen LogP contribution in [-0.2, 0) is 11.3 Å². The highest BCUT2D eigenvalue weighted by atomic mass is 16.3. The van der Waals surface area contributed by atoms with Crippen LogP contribution in [0.25, 0.3) is 0 Å². The van der Waals surface area contributed by atoms with Gasteiger partial charge >= 0.3 is 0 Å². The topological polar surface area (TPSA) is 66.6 Å². The van der Waals surface area contributed by atoms with Crippen LogP contribution in [0.4, 0.5) is 0 Å². The Bertz CT molecular complexity index is 448. The molecule has 4 heteroatoms. The average molecular weight is 320 g/mol. The smallest absolute Gasteiger partial charge is 0.222 e. The van der Waals surface area contributed by atoms with Crippen molar-refractivity contribution in [3.8, 4) is 0 Å². The Labute approximate surface area is 140 Å². The first kappa shape index (κ1) is 19.7. The molecule has 0 aliphatic carbocycles. The summed E-state index contributed by atoms with van der Waals surface area (Å²) in [5.74, 6) is 0.518. The summed E-state index contributed by atoms with van der Waals surface area (Å²) < 4.78 is 0. The number of amides is 1. The molecule has 1 rings (SSSR count). The van der Waals surface area contributed by atoms with E-state index in [1.807, 2.05) is 30.3 Å². The largest absolute Gasteiger partial charge is 0.390 e. The maximum Gasteiger partial charge on any atom is 0.222 e. The summed E-state index contributed by atoms with van der Waals surface area (Å²) >= 11 is 0. The lowest BCUT2D eigenvalue weighted by atomic mass is 9.99. The zero-order chi connectivity index (χ0) is 17.2. The van der Waals surface area contributed by atoms with Crippen molar-refractivity contribution < 1.29 is 9.90 Å². The lowest BCUT2D eigenvalue weighted by molar-refractivity contribution is -0.133. The Morgan fingerprint density at radius 2 is 1.91 bits per heavy atom. The minimum atomic E-state index is -0.688. The molecule has 2 unspecified atom stereocenters. The Morgan fingerprint density at radius 1 is 1.26 bits per heavy atom. The number of hydrogen-bond donors (Lipinski definition) is 2. The minimum Gasteiger partial charge on any atom is -0.390 e. The van der Waals surface area contributed by atoms with Gasteiger partial charge in [-0.25, -0.2) is 0 Å². The van der Waals surface area contributed by atoms with Crippen LogP contribution in [0.3, 0.4) is 0 Å². The molecule has 0 bridgehead atoms. The number of carbonyl (C=O) groups excluding carboxylic acids is 1. The maximum atomic E-state index is 12.5. The quantitative estimate of drug-likeness (QED) is 0.696. The van der Waals surface area contributed by atoms with Crippen molar-refractivity contribution in [2.75, 3.05) is 6.54 Å². The lowest BCUT2D eigenvalue weighted by Crippen LogP contribution is -2.45. The lowest BCUT2D eigenvalue weighted by Gasteiger charge is -2.29. The molecule has 23 heavy (non-hydrogen) atoms. The summed E-state index contributed by atoms with van der Waals surface area (Å²) in [6.07, 6.45) is 2.45. The van der Waals surface area contributed by atoms with E-state index in [4.69, 9.17) is 5.73 Å². The zero-order valence-electron chi connectivity index (χ0n) is 14.7. The first-order valence-electron chi connectivity index (χ1n) is 8.69. The Morgan fingerprint density at radius 3 is 2.48 bits per heavy atom. The number of unbranched alkanes of at least 4 members (excludes halogenated alkanes) is 1. The standard InChI is InChI=1S/C19H32N2O2/c1-4-5-11-19(23)21(13-16-9-7-6-8-10-16)14-18(22)17(20)12-15(2)3/h6-10,15,17-18,22H,4-5,11-14,20H2,1-3H3. The molecule has 0 aliphatic heterocycles. The molecule has 0 aliphatic rings. The molecule has 1 aromatic rings. The van der Waals surface area contributed by atoms with Gasteiger partial charge in [0.05, 0.1) is 6.10 Å². The molecule has 4 nitrogen and oxygen atoms in total. The molecule has 0 heterocycles.